The summed E-state index contributed by atoms with van der Waals surface area (Å²) in [6.07, 6.45) is 6.26. The molecule has 0 aromatic carbocycles. The summed E-state index contributed by atoms with van der Waals surface area (Å²) in [6.45, 7) is 3.70. The molecule has 2 atom stereocenters. The zero-order chi connectivity index (χ0) is 17.1. The van der Waals surface area contributed by atoms with Crippen molar-refractivity contribution in [3.8, 4) is 5.88 Å². The van der Waals surface area contributed by atoms with Crippen molar-refractivity contribution in [1.82, 2.24) is 20.2 Å². The first-order valence-electron chi connectivity index (χ1n) is 8.70. The third-order valence-electron chi connectivity index (χ3n) is 5.32. The summed E-state index contributed by atoms with van der Waals surface area (Å²) in [5.74, 6) is 0.943. The fraction of sp³-hybridized carbons (Fsp3) is 0.421. The van der Waals surface area contributed by atoms with E-state index in [9.17, 15) is 4.79 Å². The van der Waals surface area contributed by atoms with E-state index in [0.29, 0.717) is 19.0 Å². The number of hydrogen-bond donors (Lipinski definition) is 1. The zero-order valence-corrected chi connectivity index (χ0v) is 14.1. The highest BCUT2D eigenvalue weighted by molar-refractivity contribution is 5.86. The molecule has 0 saturated carbocycles. The van der Waals surface area contributed by atoms with Crippen LogP contribution in [0.4, 0.5) is 0 Å². The van der Waals surface area contributed by atoms with Crippen molar-refractivity contribution in [3.63, 3.8) is 0 Å². The molecule has 6 heteroatoms. The number of nitrogens with one attached hydrogen (secondary N) is 1. The minimum absolute atomic E-state index is 0.163. The van der Waals surface area contributed by atoms with Gasteiger partial charge in [0.15, 0.2) is 0 Å². The van der Waals surface area contributed by atoms with E-state index in [4.69, 9.17) is 4.74 Å². The molecule has 1 amide bonds. The van der Waals surface area contributed by atoms with Crippen molar-refractivity contribution in [2.75, 3.05) is 26.2 Å². The van der Waals surface area contributed by atoms with Gasteiger partial charge in [-0.15, -0.1) is 0 Å². The highest BCUT2D eigenvalue weighted by Crippen LogP contribution is 2.42. The maximum atomic E-state index is 12.6. The van der Waals surface area contributed by atoms with Crippen molar-refractivity contribution >= 4 is 5.91 Å². The van der Waals surface area contributed by atoms with Gasteiger partial charge in [-0.1, -0.05) is 12.1 Å². The van der Waals surface area contributed by atoms with Gasteiger partial charge in [0, 0.05) is 50.2 Å². The van der Waals surface area contributed by atoms with E-state index in [1.54, 1.807) is 12.4 Å². The molecule has 2 aromatic rings. The number of carbonyl (C=O) groups is 1. The number of likely N-dealkylation sites (tertiary alicyclic amines) is 1. The Bertz CT molecular complexity index is 725. The van der Waals surface area contributed by atoms with Crippen molar-refractivity contribution in [3.05, 3.63) is 54.5 Å². The number of carbonyl (C=O) groups excluding carboxylic acids is 1. The summed E-state index contributed by atoms with van der Waals surface area (Å²) >= 11 is 0. The topological polar surface area (TPSA) is 67.3 Å². The highest BCUT2D eigenvalue weighted by Gasteiger charge is 2.54. The normalized spacial score (nSPS) is 26.1. The van der Waals surface area contributed by atoms with Gasteiger partial charge in [-0.3, -0.25) is 14.7 Å². The van der Waals surface area contributed by atoms with Crippen LogP contribution in [0.2, 0.25) is 0 Å². The first-order chi connectivity index (χ1) is 12.3. The van der Waals surface area contributed by atoms with Crippen LogP contribution in [-0.2, 0) is 11.3 Å². The standard InChI is InChI=1S/C19H22N4O2/c24-18-19(6-9-23(14-19)12-15-4-3-7-20-10-15)16(11-22-18)13-25-17-5-1-2-8-21-17/h1-5,7-8,10,16H,6,9,11-14H2,(H,22,24)/t16-,19+/m0/s1. The molecule has 25 heavy (non-hydrogen) atoms. The minimum atomic E-state index is -0.350. The molecule has 6 nitrogen and oxygen atoms in total. The molecule has 0 bridgehead atoms. The lowest BCUT2D eigenvalue weighted by Gasteiger charge is -2.28. The first-order valence-corrected chi connectivity index (χ1v) is 8.70. The van der Waals surface area contributed by atoms with Crippen molar-refractivity contribution in [2.24, 2.45) is 11.3 Å². The molecule has 0 radical (unpaired) electrons. The fourth-order valence-corrected chi connectivity index (χ4v) is 3.93. The quantitative estimate of drug-likeness (QED) is 0.895. The first kappa shape index (κ1) is 16.0. The second kappa shape index (κ2) is 6.80. The number of hydrogen-bond acceptors (Lipinski definition) is 5. The number of rotatable bonds is 5. The molecule has 2 saturated heterocycles. The third-order valence-corrected chi connectivity index (χ3v) is 5.32. The van der Waals surface area contributed by atoms with Crippen LogP contribution in [0.25, 0.3) is 0 Å². The van der Waals surface area contributed by atoms with E-state index in [1.807, 2.05) is 30.5 Å². The molecule has 0 aliphatic carbocycles. The molecule has 130 valence electrons. The second-order valence-corrected chi connectivity index (χ2v) is 6.86. The monoisotopic (exact) mass is 338 g/mol. The summed E-state index contributed by atoms with van der Waals surface area (Å²) in [7, 11) is 0. The number of ether oxygens (including phenoxy) is 1. The van der Waals surface area contributed by atoms with E-state index >= 15 is 0 Å². The fourth-order valence-electron chi connectivity index (χ4n) is 3.93. The van der Waals surface area contributed by atoms with Crippen LogP contribution in [0, 0.1) is 11.3 Å². The predicted octanol–water partition coefficient (Wildman–Crippen LogP) is 1.49. The molecule has 2 fully saturated rings. The minimum Gasteiger partial charge on any atom is -0.477 e. The summed E-state index contributed by atoms with van der Waals surface area (Å²) in [5, 5.41) is 3.04. The molecular formula is C19H22N4O2. The Morgan fingerprint density at radius 1 is 1.28 bits per heavy atom. The average Bonchev–Trinajstić information content (AvgIpc) is 3.20. The van der Waals surface area contributed by atoms with Gasteiger partial charge in [-0.25, -0.2) is 4.98 Å². The summed E-state index contributed by atoms with van der Waals surface area (Å²) in [6, 6.07) is 9.64. The Labute approximate surface area is 147 Å². The van der Waals surface area contributed by atoms with Crippen LogP contribution in [0.1, 0.15) is 12.0 Å². The van der Waals surface area contributed by atoms with E-state index < -0.39 is 0 Å². The number of pyridine rings is 2. The average molecular weight is 338 g/mol. The van der Waals surface area contributed by atoms with Crippen molar-refractivity contribution in [2.45, 2.75) is 13.0 Å². The molecule has 2 aliphatic rings. The Morgan fingerprint density at radius 2 is 2.24 bits per heavy atom. The smallest absolute Gasteiger partial charge is 0.228 e. The predicted molar refractivity (Wildman–Crippen MR) is 92.8 cm³/mol. The van der Waals surface area contributed by atoms with E-state index in [2.05, 4.69) is 26.3 Å². The summed E-state index contributed by atoms with van der Waals surface area (Å²) < 4.78 is 5.85. The lowest BCUT2D eigenvalue weighted by atomic mass is 9.77. The molecule has 0 unspecified atom stereocenters. The third kappa shape index (κ3) is 3.22. The lowest BCUT2D eigenvalue weighted by Crippen LogP contribution is -2.40. The second-order valence-electron chi connectivity index (χ2n) is 6.86. The molecule has 4 rings (SSSR count). The van der Waals surface area contributed by atoms with Gasteiger partial charge in [-0.05, 0) is 30.7 Å². The van der Waals surface area contributed by atoms with Crippen molar-refractivity contribution in [1.29, 1.82) is 0 Å². The molecular weight excluding hydrogens is 316 g/mol. The molecule has 2 aliphatic heterocycles. The number of aromatic nitrogens is 2. The van der Waals surface area contributed by atoms with Gasteiger partial charge >= 0.3 is 0 Å². The maximum Gasteiger partial charge on any atom is 0.228 e. The highest BCUT2D eigenvalue weighted by atomic mass is 16.5. The number of nitrogens with zero attached hydrogens (tertiary/aromatic N) is 3. The van der Waals surface area contributed by atoms with Gasteiger partial charge in [0.05, 0.1) is 12.0 Å². The van der Waals surface area contributed by atoms with Crippen LogP contribution in [-0.4, -0.2) is 47.0 Å². The Morgan fingerprint density at radius 3 is 3.04 bits per heavy atom. The maximum absolute atomic E-state index is 12.6. The molecule has 4 heterocycles. The van der Waals surface area contributed by atoms with Gasteiger partial charge in [0.25, 0.3) is 0 Å². The van der Waals surface area contributed by atoms with Crippen LogP contribution in [0.15, 0.2) is 48.9 Å². The zero-order valence-electron chi connectivity index (χ0n) is 14.1. The van der Waals surface area contributed by atoms with Gasteiger partial charge < -0.3 is 10.1 Å². The Kier molecular flexibility index (Phi) is 4.36. The van der Waals surface area contributed by atoms with Crippen LogP contribution < -0.4 is 10.1 Å². The lowest BCUT2D eigenvalue weighted by molar-refractivity contribution is -0.128. The Hall–Kier alpha value is -2.47. The van der Waals surface area contributed by atoms with Gasteiger partial charge in [0.1, 0.15) is 0 Å². The summed E-state index contributed by atoms with van der Waals surface area (Å²) in [5.41, 5.74) is 0.830. The van der Waals surface area contributed by atoms with Gasteiger partial charge in [0.2, 0.25) is 11.8 Å². The largest absolute Gasteiger partial charge is 0.477 e. The van der Waals surface area contributed by atoms with E-state index in [0.717, 1.165) is 26.1 Å². The van der Waals surface area contributed by atoms with Crippen LogP contribution >= 0.6 is 0 Å². The van der Waals surface area contributed by atoms with Gasteiger partial charge in [-0.2, -0.15) is 0 Å². The molecule has 2 aromatic heterocycles. The van der Waals surface area contributed by atoms with Crippen molar-refractivity contribution < 1.29 is 9.53 Å². The summed E-state index contributed by atoms with van der Waals surface area (Å²) in [4.78, 5) is 23.3. The number of amides is 1. The SMILES string of the molecule is O=C1NC[C@@H](COc2ccccn2)[C@]12CCN(Cc1cccnc1)C2. The Balaban J connectivity index is 1.42. The molecule has 1 spiro atoms. The molecule has 1 N–H and O–H groups in total. The van der Waals surface area contributed by atoms with Crippen LogP contribution in [0.5, 0.6) is 5.88 Å². The van der Waals surface area contributed by atoms with E-state index in [1.165, 1.54) is 5.56 Å². The van der Waals surface area contributed by atoms with Crippen LogP contribution in [0.3, 0.4) is 0 Å². The van der Waals surface area contributed by atoms with E-state index in [-0.39, 0.29) is 17.2 Å².